The molecule has 25 heavy (non-hydrogen) atoms. The van der Waals surface area contributed by atoms with Gasteiger partial charge in [-0.25, -0.2) is 8.42 Å². The third-order valence-electron chi connectivity index (χ3n) is 5.13. The van der Waals surface area contributed by atoms with Crippen molar-refractivity contribution in [3.8, 4) is 0 Å². The Kier molecular flexibility index (Phi) is 6.17. The lowest BCUT2D eigenvalue weighted by Gasteiger charge is -2.37. The summed E-state index contributed by atoms with van der Waals surface area (Å²) in [7, 11) is -0.0534. The van der Waals surface area contributed by atoms with E-state index in [0.29, 0.717) is 30.8 Å². The number of fused-ring (bicyclic) bond motifs is 1. The molecule has 3 rings (SSSR count). The molecule has 1 aliphatic heterocycles. The van der Waals surface area contributed by atoms with Crippen LogP contribution < -0.4 is 5.73 Å². The molecule has 1 aromatic carbocycles. The number of benzene rings is 1. The molecule has 0 aliphatic carbocycles. The Bertz CT molecular complexity index is 850. The number of para-hydroxylation sites is 1. The molecule has 2 unspecified atom stereocenters. The van der Waals surface area contributed by atoms with Crippen LogP contribution in [0, 0.1) is 6.92 Å². The van der Waals surface area contributed by atoms with Crippen molar-refractivity contribution in [2.24, 2.45) is 12.8 Å². The van der Waals surface area contributed by atoms with E-state index in [4.69, 9.17) is 10.5 Å². The smallest absolute Gasteiger partial charge is 0.245 e. The van der Waals surface area contributed by atoms with Crippen LogP contribution in [-0.2, 0) is 21.8 Å². The van der Waals surface area contributed by atoms with Gasteiger partial charge < -0.3 is 15.0 Å². The number of nitrogens with zero attached hydrogens (tertiary/aromatic N) is 2. The topological polar surface area (TPSA) is 77.6 Å². The average Bonchev–Trinajstić information content (AvgIpc) is 2.86. The SMILES string of the molecule is COC1CCN(S(=O)(=O)c2c(C)n(C)c3ccccc23)C(CN)C1.Cl. The van der Waals surface area contributed by atoms with Crippen molar-refractivity contribution in [2.75, 3.05) is 20.2 Å². The summed E-state index contributed by atoms with van der Waals surface area (Å²) in [5, 5.41) is 0.766. The van der Waals surface area contributed by atoms with Crippen LogP contribution in [0.25, 0.3) is 10.9 Å². The molecule has 140 valence electrons. The van der Waals surface area contributed by atoms with Crippen LogP contribution in [-0.4, -0.2) is 49.6 Å². The molecule has 0 spiro atoms. The van der Waals surface area contributed by atoms with Crippen LogP contribution in [0.3, 0.4) is 0 Å². The van der Waals surface area contributed by atoms with E-state index in [-0.39, 0.29) is 24.6 Å². The fourth-order valence-corrected chi connectivity index (χ4v) is 5.77. The highest BCUT2D eigenvalue weighted by Gasteiger charge is 2.38. The average molecular weight is 388 g/mol. The van der Waals surface area contributed by atoms with Gasteiger partial charge in [0, 0.05) is 49.9 Å². The summed E-state index contributed by atoms with van der Waals surface area (Å²) in [5.74, 6) is 0. The molecule has 1 saturated heterocycles. The molecule has 1 aliphatic rings. The summed E-state index contributed by atoms with van der Waals surface area (Å²) in [6.07, 6.45) is 1.39. The fraction of sp³-hybridized carbons (Fsp3) is 0.529. The van der Waals surface area contributed by atoms with Gasteiger partial charge in [-0.05, 0) is 25.8 Å². The van der Waals surface area contributed by atoms with Gasteiger partial charge in [0.15, 0.2) is 0 Å². The molecule has 0 bridgehead atoms. The predicted molar refractivity (Wildman–Crippen MR) is 102 cm³/mol. The molecule has 8 heteroatoms. The van der Waals surface area contributed by atoms with Crippen molar-refractivity contribution < 1.29 is 13.2 Å². The first-order chi connectivity index (χ1) is 11.4. The second-order valence-corrected chi connectivity index (χ2v) is 8.21. The van der Waals surface area contributed by atoms with E-state index in [1.165, 1.54) is 0 Å². The van der Waals surface area contributed by atoms with Gasteiger partial charge in [-0.1, -0.05) is 18.2 Å². The molecule has 2 atom stereocenters. The van der Waals surface area contributed by atoms with E-state index >= 15 is 0 Å². The third kappa shape index (κ3) is 3.31. The normalized spacial score (nSPS) is 22.1. The maximum Gasteiger partial charge on any atom is 0.245 e. The van der Waals surface area contributed by atoms with Gasteiger partial charge in [0.2, 0.25) is 10.0 Å². The lowest BCUT2D eigenvalue weighted by molar-refractivity contribution is 0.0402. The van der Waals surface area contributed by atoms with Gasteiger partial charge in [-0.2, -0.15) is 4.31 Å². The Hall–Kier alpha value is -1.12. The van der Waals surface area contributed by atoms with Crippen molar-refractivity contribution in [3.63, 3.8) is 0 Å². The number of hydrogen-bond donors (Lipinski definition) is 1. The zero-order valence-electron chi connectivity index (χ0n) is 14.8. The highest BCUT2D eigenvalue weighted by molar-refractivity contribution is 7.89. The minimum absolute atomic E-state index is 0. The van der Waals surface area contributed by atoms with Gasteiger partial charge in [0.1, 0.15) is 4.90 Å². The lowest BCUT2D eigenvalue weighted by Crippen LogP contribution is -2.51. The number of sulfonamides is 1. The second-order valence-electron chi connectivity index (χ2n) is 6.38. The Morgan fingerprint density at radius 3 is 2.64 bits per heavy atom. The van der Waals surface area contributed by atoms with Gasteiger partial charge in [0.05, 0.1) is 6.10 Å². The molecule has 1 fully saturated rings. The van der Waals surface area contributed by atoms with Crippen molar-refractivity contribution in [1.82, 2.24) is 8.87 Å². The minimum atomic E-state index is -3.61. The summed E-state index contributed by atoms with van der Waals surface area (Å²) in [5.41, 5.74) is 7.55. The summed E-state index contributed by atoms with van der Waals surface area (Å²) in [6, 6.07) is 7.38. The first-order valence-electron chi connectivity index (χ1n) is 8.20. The molecule has 0 saturated carbocycles. The maximum atomic E-state index is 13.4. The molecule has 0 radical (unpaired) electrons. The first kappa shape index (κ1) is 20.2. The quantitative estimate of drug-likeness (QED) is 0.870. The summed E-state index contributed by atoms with van der Waals surface area (Å²) in [6.45, 7) is 2.58. The van der Waals surface area contributed by atoms with E-state index in [9.17, 15) is 8.42 Å². The summed E-state index contributed by atoms with van der Waals surface area (Å²) in [4.78, 5) is 0.398. The lowest BCUT2D eigenvalue weighted by atomic mass is 10.0. The molecule has 0 amide bonds. The Labute approximate surface area is 155 Å². The standard InChI is InChI=1S/C17H25N3O3S.ClH/c1-12-17(15-6-4-5-7-16(15)19(12)2)24(21,22)20-9-8-14(23-3)10-13(20)11-18;/h4-7,13-14H,8-11,18H2,1-3H3;1H. The minimum Gasteiger partial charge on any atom is -0.381 e. The van der Waals surface area contributed by atoms with E-state index < -0.39 is 10.0 Å². The largest absolute Gasteiger partial charge is 0.381 e. The van der Waals surface area contributed by atoms with Crippen molar-refractivity contribution in [2.45, 2.75) is 36.8 Å². The van der Waals surface area contributed by atoms with Crippen LogP contribution in [0.4, 0.5) is 0 Å². The molecular weight excluding hydrogens is 362 g/mol. The van der Waals surface area contributed by atoms with Crippen molar-refractivity contribution in [3.05, 3.63) is 30.0 Å². The number of methoxy groups -OCH3 is 1. The number of aromatic nitrogens is 1. The monoisotopic (exact) mass is 387 g/mol. The number of rotatable bonds is 4. The number of aryl methyl sites for hydroxylation is 1. The van der Waals surface area contributed by atoms with E-state index in [1.54, 1.807) is 11.4 Å². The summed E-state index contributed by atoms with van der Waals surface area (Å²) < 4.78 is 35.7. The predicted octanol–water partition coefficient (Wildman–Crippen LogP) is 2.04. The highest BCUT2D eigenvalue weighted by Crippen LogP contribution is 2.34. The van der Waals surface area contributed by atoms with Crippen molar-refractivity contribution >= 4 is 33.3 Å². The number of nitrogens with two attached hydrogens (primary N) is 1. The Balaban J connectivity index is 0.00000225. The zero-order chi connectivity index (χ0) is 17.5. The molecular formula is C17H26ClN3O3S. The van der Waals surface area contributed by atoms with Crippen LogP contribution in [0.15, 0.2) is 29.2 Å². The number of halogens is 1. The Morgan fingerprint density at radius 1 is 1.32 bits per heavy atom. The number of piperidine rings is 1. The van der Waals surface area contributed by atoms with Crippen LogP contribution in [0.1, 0.15) is 18.5 Å². The van der Waals surface area contributed by atoms with Crippen molar-refractivity contribution in [1.29, 1.82) is 0 Å². The van der Waals surface area contributed by atoms with Gasteiger partial charge in [0.25, 0.3) is 0 Å². The maximum absolute atomic E-state index is 13.4. The summed E-state index contributed by atoms with van der Waals surface area (Å²) >= 11 is 0. The first-order valence-corrected chi connectivity index (χ1v) is 9.64. The zero-order valence-corrected chi connectivity index (χ0v) is 16.4. The molecule has 2 heterocycles. The van der Waals surface area contributed by atoms with E-state index in [2.05, 4.69) is 0 Å². The van der Waals surface area contributed by atoms with Crippen LogP contribution in [0.2, 0.25) is 0 Å². The molecule has 6 nitrogen and oxygen atoms in total. The van der Waals surface area contributed by atoms with E-state index in [0.717, 1.165) is 16.6 Å². The van der Waals surface area contributed by atoms with Gasteiger partial charge >= 0.3 is 0 Å². The van der Waals surface area contributed by atoms with Gasteiger partial charge in [-0.3, -0.25) is 0 Å². The second kappa shape index (κ2) is 7.63. The highest BCUT2D eigenvalue weighted by atomic mass is 35.5. The fourth-order valence-electron chi connectivity index (χ4n) is 3.67. The number of ether oxygens (including phenoxy) is 1. The molecule has 2 N–H and O–H groups in total. The van der Waals surface area contributed by atoms with E-state index in [1.807, 2.05) is 42.8 Å². The molecule has 2 aromatic rings. The van der Waals surface area contributed by atoms with Gasteiger partial charge in [-0.15, -0.1) is 12.4 Å². The number of hydrogen-bond acceptors (Lipinski definition) is 4. The van der Waals surface area contributed by atoms with Crippen LogP contribution >= 0.6 is 12.4 Å². The molecule has 1 aromatic heterocycles. The Morgan fingerprint density at radius 2 is 2.00 bits per heavy atom. The van der Waals surface area contributed by atoms with Crippen LogP contribution in [0.5, 0.6) is 0 Å². The third-order valence-corrected chi connectivity index (χ3v) is 7.26.